The first-order valence-electron chi connectivity index (χ1n) is 5.67. The molecule has 0 saturated heterocycles. The molecule has 0 saturated carbocycles. The largest absolute Gasteiger partial charge is 0.319 e. The van der Waals surface area contributed by atoms with Crippen LogP contribution in [-0.2, 0) is 6.42 Å². The van der Waals surface area contributed by atoms with E-state index in [9.17, 15) is 4.79 Å². The van der Waals surface area contributed by atoms with Crippen molar-refractivity contribution in [2.45, 2.75) is 19.8 Å². The Balaban J connectivity index is 2.04. The van der Waals surface area contributed by atoms with E-state index >= 15 is 0 Å². The molecule has 1 aromatic carbocycles. The maximum Gasteiger partial charge on any atom is 0.295 e. The van der Waals surface area contributed by atoms with E-state index in [0.29, 0.717) is 5.69 Å². The second kappa shape index (κ2) is 5.77. The topological polar surface area (TPSA) is 70.7 Å². The van der Waals surface area contributed by atoms with Crippen LogP contribution >= 0.6 is 15.9 Å². The van der Waals surface area contributed by atoms with Gasteiger partial charge in [0.2, 0.25) is 5.82 Å². The van der Waals surface area contributed by atoms with Crippen LogP contribution in [0.2, 0.25) is 0 Å². The number of nitrogens with zero attached hydrogens (tertiary/aromatic N) is 2. The van der Waals surface area contributed by atoms with Crippen molar-refractivity contribution in [2.24, 2.45) is 0 Å². The van der Waals surface area contributed by atoms with E-state index in [2.05, 4.69) is 36.4 Å². The van der Waals surface area contributed by atoms with Crippen molar-refractivity contribution in [1.82, 2.24) is 15.2 Å². The first kappa shape index (κ1) is 12.8. The molecule has 6 heteroatoms. The molecule has 0 fully saturated rings. The highest BCUT2D eigenvalue weighted by molar-refractivity contribution is 9.10. The quantitative estimate of drug-likeness (QED) is 0.912. The van der Waals surface area contributed by atoms with Crippen molar-refractivity contribution in [2.75, 3.05) is 5.32 Å². The predicted octanol–water partition coefficient (Wildman–Crippen LogP) is 2.77. The number of benzene rings is 1. The molecule has 0 unspecified atom stereocenters. The van der Waals surface area contributed by atoms with Gasteiger partial charge in [-0.3, -0.25) is 9.89 Å². The zero-order chi connectivity index (χ0) is 13.0. The molecule has 0 aliphatic carbocycles. The molecule has 2 rings (SSSR count). The average Bonchev–Trinajstić information content (AvgIpc) is 2.81. The molecule has 0 aliphatic rings. The highest BCUT2D eigenvalue weighted by Gasteiger charge is 2.12. The van der Waals surface area contributed by atoms with Crippen LogP contribution in [0.1, 0.15) is 29.8 Å². The molecule has 1 heterocycles. The summed E-state index contributed by atoms with van der Waals surface area (Å²) >= 11 is 3.33. The number of carbonyl (C=O) groups excluding carboxylic acids is 1. The molecule has 0 aliphatic heterocycles. The Kier molecular flexibility index (Phi) is 4.09. The lowest BCUT2D eigenvalue weighted by Crippen LogP contribution is -2.13. The zero-order valence-corrected chi connectivity index (χ0v) is 11.5. The number of aromatic amines is 1. The fourth-order valence-corrected chi connectivity index (χ4v) is 1.73. The minimum atomic E-state index is -0.309. The Morgan fingerprint density at radius 1 is 1.39 bits per heavy atom. The minimum Gasteiger partial charge on any atom is -0.319 e. The summed E-state index contributed by atoms with van der Waals surface area (Å²) in [6.07, 6.45) is 1.75. The van der Waals surface area contributed by atoms with Gasteiger partial charge in [0.05, 0.1) is 0 Å². The van der Waals surface area contributed by atoms with Crippen LogP contribution in [0.5, 0.6) is 0 Å². The van der Waals surface area contributed by atoms with Gasteiger partial charge in [0.25, 0.3) is 5.91 Å². The molecular weight excluding hydrogens is 296 g/mol. The monoisotopic (exact) mass is 308 g/mol. The van der Waals surface area contributed by atoms with E-state index in [0.717, 1.165) is 23.1 Å². The first-order valence-corrected chi connectivity index (χ1v) is 6.46. The predicted molar refractivity (Wildman–Crippen MR) is 72.5 cm³/mol. The van der Waals surface area contributed by atoms with Gasteiger partial charge in [-0.1, -0.05) is 22.9 Å². The Hall–Kier alpha value is -1.69. The number of anilines is 1. The molecule has 94 valence electrons. The molecule has 0 bridgehead atoms. The van der Waals surface area contributed by atoms with Crippen molar-refractivity contribution in [1.29, 1.82) is 0 Å². The number of halogens is 1. The second-order valence-electron chi connectivity index (χ2n) is 3.82. The fraction of sp³-hybridized carbons (Fsp3) is 0.250. The molecule has 1 aromatic heterocycles. The van der Waals surface area contributed by atoms with Crippen LogP contribution in [0.3, 0.4) is 0 Å². The molecule has 1 amide bonds. The molecule has 2 aromatic rings. The van der Waals surface area contributed by atoms with Crippen molar-refractivity contribution < 1.29 is 4.79 Å². The third kappa shape index (κ3) is 3.16. The Morgan fingerprint density at radius 3 is 2.78 bits per heavy atom. The van der Waals surface area contributed by atoms with Crippen molar-refractivity contribution in [3.05, 3.63) is 40.4 Å². The van der Waals surface area contributed by atoms with Crippen molar-refractivity contribution >= 4 is 27.5 Å². The van der Waals surface area contributed by atoms with Gasteiger partial charge in [0.15, 0.2) is 0 Å². The summed E-state index contributed by atoms with van der Waals surface area (Å²) in [5.41, 5.74) is 0.713. The van der Waals surface area contributed by atoms with Gasteiger partial charge < -0.3 is 5.32 Å². The van der Waals surface area contributed by atoms with Crippen molar-refractivity contribution in [3.8, 4) is 0 Å². The Labute approximate surface area is 113 Å². The summed E-state index contributed by atoms with van der Waals surface area (Å²) in [4.78, 5) is 16.0. The fourth-order valence-electron chi connectivity index (χ4n) is 1.47. The lowest BCUT2D eigenvalue weighted by Gasteiger charge is -2.01. The lowest BCUT2D eigenvalue weighted by atomic mass is 10.3. The smallest absolute Gasteiger partial charge is 0.295 e. The van der Waals surface area contributed by atoms with Gasteiger partial charge in [-0.15, -0.1) is 5.10 Å². The van der Waals surface area contributed by atoms with Crippen LogP contribution in [0.25, 0.3) is 0 Å². The zero-order valence-electron chi connectivity index (χ0n) is 9.90. The average molecular weight is 309 g/mol. The second-order valence-corrected chi connectivity index (χ2v) is 4.73. The first-order chi connectivity index (χ1) is 8.69. The standard InChI is InChI=1S/C12H13BrN4O/c1-2-3-10-15-11(17-16-10)12(18)14-9-6-4-8(13)5-7-9/h4-7H,2-3H2,1H3,(H,14,18)(H,15,16,17). The summed E-state index contributed by atoms with van der Waals surface area (Å²) in [5.74, 6) is 0.593. The summed E-state index contributed by atoms with van der Waals surface area (Å²) in [6, 6.07) is 7.33. The van der Waals surface area contributed by atoms with Crippen LogP contribution in [0.4, 0.5) is 5.69 Å². The summed E-state index contributed by atoms with van der Waals surface area (Å²) in [6.45, 7) is 2.05. The molecule has 0 atom stereocenters. The number of aromatic nitrogens is 3. The maximum absolute atomic E-state index is 11.8. The van der Waals surface area contributed by atoms with E-state index < -0.39 is 0 Å². The highest BCUT2D eigenvalue weighted by atomic mass is 79.9. The van der Waals surface area contributed by atoms with Crippen LogP contribution in [-0.4, -0.2) is 21.1 Å². The number of hydrogen-bond donors (Lipinski definition) is 2. The molecule has 2 N–H and O–H groups in total. The van der Waals surface area contributed by atoms with E-state index in [4.69, 9.17) is 0 Å². The Morgan fingerprint density at radius 2 is 2.11 bits per heavy atom. The van der Waals surface area contributed by atoms with E-state index in [1.165, 1.54) is 0 Å². The van der Waals surface area contributed by atoms with Gasteiger partial charge in [-0.05, 0) is 30.7 Å². The third-order valence-corrected chi connectivity index (χ3v) is 2.85. The molecule has 0 radical (unpaired) electrons. The van der Waals surface area contributed by atoms with Gasteiger partial charge >= 0.3 is 0 Å². The third-order valence-electron chi connectivity index (χ3n) is 2.32. The SMILES string of the molecule is CCCc1nc(C(=O)Nc2ccc(Br)cc2)n[nH]1. The number of H-pyrrole nitrogens is 1. The number of amides is 1. The van der Waals surface area contributed by atoms with E-state index in [-0.39, 0.29) is 11.7 Å². The van der Waals surface area contributed by atoms with Crippen LogP contribution in [0, 0.1) is 0 Å². The van der Waals surface area contributed by atoms with Gasteiger partial charge in [-0.25, -0.2) is 4.98 Å². The van der Waals surface area contributed by atoms with Gasteiger partial charge in [-0.2, -0.15) is 0 Å². The number of nitrogens with one attached hydrogen (secondary N) is 2. The summed E-state index contributed by atoms with van der Waals surface area (Å²) in [5, 5.41) is 9.38. The van der Waals surface area contributed by atoms with E-state index in [1.54, 1.807) is 0 Å². The van der Waals surface area contributed by atoms with Gasteiger partial charge in [0, 0.05) is 16.6 Å². The van der Waals surface area contributed by atoms with Crippen LogP contribution < -0.4 is 5.32 Å². The highest BCUT2D eigenvalue weighted by Crippen LogP contribution is 2.14. The summed E-state index contributed by atoms with van der Waals surface area (Å²) < 4.78 is 0.962. The van der Waals surface area contributed by atoms with Crippen molar-refractivity contribution in [3.63, 3.8) is 0 Å². The van der Waals surface area contributed by atoms with Crippen LogP contribution in [0.15, 0.2) is 28.7 Å². The molecule has 0 spiro atoms. The number of rotatable bonds is 4. The number of carbonyl (C=O) groups is 1. The van der Waals surface area contributed by atoms with E-state index in [1.807, 2.05) is 31.2 Å². The normalized spacial score (nSPS) is 10.3. The lowest BCUT2D eigenvalue weighted by molar-refractivity contribution is 0.101. The molecule has 18 heavy (non-hydrogen) atoms. The number of hydrogen-bond acceptors (Lipinski definition) is 3. The maximum atomic E-state index is 11.8. The minimum absolute atomic E-state index is 0.168. The number of aryl methyl sites for hydroxylation is 1. The molecule has 5 nitrogen and oxygen atoms in total. The molecular formula is C12H13BrN4O. The summed E-state index contributed by atoms with van der Waals surface area (Å²) in [7, 11) is 0. The Bertz CT molecular complexity index is 535. The van der Waals surface area contributed by atoms with Gasteiger partial charge in [0.1, 0.15) is 5.82 Å².